The number of rotatable bonds is 8. The average Bonchev–Trinajstić information content (AvgIpc) is 2.73. The molecule has 1 N–H and O–H groups in total. The van der Waals surface area contributed by atoms with Crippen LogP contribution in [0.1, 0.15) is 5.56 Å². The molecule has 188 valence electrons. The Bertz CT molecular complexity index is 1150. The maximum absolute atomic E-state index is 13.1. The molecule has 1 heterocycles. The Morgan fingerprint density at radius 3 is 2.26 bits per heavy atom. The van der Waals surface area contributed by atoms with Crippen molar-refractivity contribution in [2.45, 2.75) is 25.2 Å². The van der Waals surface area contributed by atoms with Crippen LogP contribution in [0.5, 0.6) is 17.5 Å². The van der Waals surface area contributed by atoms with Crippen molar-refractivity contribution in [3.63, 3.8) is 0 Å². The van der Waals surface area contributed by atoms with E-state index in [4.69, 9.17) is 16.3 Å². The number of hydrogen-bond donors (Lipinski definition) is 1. The zero-order valence-electron chi connectivity index (χ0n) is 17.2. The molecule has 0 aliphatic carbocycles. The van der Waals surface area contributed by atoms with Crippen LogP contribution in [-0.2, 0) is 6.54 Å². The molecule has 0 aliphatic rings. The van der Waals surface area contributed by atoms with Crippen molar-refractivity contribution in [3.8, 4) is 17.5 Å². The van der Waals surface area contributed by atoms with E-state index in [1.807, 2.05) is 0 Å². The Hall–Kier alpha value is -3.39. The van der Waals surface area contributed by atoms with Crippen molar-refractivity contribution in [1.82, 2.24) is 15.0 Å². The van der Waals surface area contributed by atoms with Gasteiger partial charge >= 0.3 is 18.5 Å². The Morgan fingerprint density at radius 2 is 1.63 bits per heavy atom. The van der Waals surface area contributed by atoms with Crippen LogP contribution < -0.4 is 14.4 Å². The summed E-state index contributed by atoms with van der Waals surface area (Å²) in [5.74, 6) is -1.58. The molecule has 0 fully saturated rings. The lowest BCUT2D eigenvalue weighted by molar-refractivity contribution is -0.274. The van der Waals surface area contributed by atoms with Crippen LogP contribution in [-0.4, -0.2) is 45.2 Å². The number of ether oxygens (including phenoxy) is 2. The Kier molecular flexibility index (Phi) is 7.85. The summed E-state index contributed by atoms with van der Waals surface area (Å²) in [6, 6.07) is 8.58. The molecular weight excluding hydrogens is 513 g/mol. The van der Waals surface area contributed by atoms with Gasteiger partial charge in [0.2, 0.25) is 11.2 Å². The molecule has 1 atom stereocenters. The molecule has 0 spiro atoms. The fourth-order valence-corrected chi connectivity index (χ4v) is 2.86. The molecule has 7 nitrogen and oxygen atoms in total. The second kappa shape index (κ2) is 10.5. The number of anilines is 1. The fourth-order valence-electron chi connectivity index (χ4n) is 2.71. The monoisotopic (exact) mass is 526 g/mol. The SMILES string of the molecule is OC(CN(Cc1cccc(OC(F)(F)F)c1)c1nc(Cl)nc(Oc2ccc(F)cc2)n1)C(F)(F)F. The molecular formula is C20H14ClF7N4O3. The Morgan fingerprint density at radius 1 is 0.943 bits per heavy atom. The van der Waals surface area contributed by atoms with Crippen molar-refractivity contribution in [2.75, 3.05) is 11.4 Å². The van der Waals surface area contributed by atoms with Crippen molar-refractivity contribution in [3.05, 3.63) is 65.2 Å². The van der Waals surface area contributed by atoms with Gasteiger partial charge in [0.25, 0.3) is 0 Å². The van der Waals surface area contributed by atoms with E-state index in [9.17, 15) is 35.8 Å². The number of halogens is 8. The second-order valence-electron chi connectivity index (χ2n) is 6.88. The van der Waals surface area contributed by atoms with E-state index in [1.165, 1.54) is 24.3 Å². The van der Waals surface area contributed by atoms with Gasteiger partial charge in [-0.1, -0.05) is 12.1 Å². The first kappa shape index (κ1) is 26.2. The highest BCUT2D eigenvalue weighted by atomic mass is 35.5. The van der Waals surface area contributed by atoms with E-state index >= 15 is 0 Å². The number of hydrogen-bond acceptors (Lipinski definition) is 7. The van der Waals surface area contributed by atoms with Gasteiger partial charge in [-0.25, -0.2) is 4.39 Å². The highest BCUT2D eigenvalue weighted by Crippen LogP contribution is 2.28. The maximum Gasteiger partial charge on any atom is 0.573 e. The van der Waals surface area contributed by atoms with Crippen LogP contribution in [0.4, 0.5) is 36.7 Å². The van der Waals surface area contributed by atoms with Crippen LogP contribution in [0.15, 0.2) is 48.5 Å². The molecule has 1 unspecified atom stereocenters. The van der Waals surface area contributed by atoms with Crippen LogP contribution in [0.3, 0.4) is 0 Å². The van der Waals surface area contributed by atoms with Crippen LogP contribution >= 0.6 is 11.6 Å². The van der Waals surface area contributed by atoms with Crippen LogP contribution in [0, 0.1) is 5.82 Å². The topological polar surface area (TPSA) is 80.6 Å². The molecule has 0 aliphatic heterocycles. The first-order valence-corrected chi connectivity index (χ1v) is 9.86. The lowest BCUT2D eigenvalue weighted by Gasteiger charge is -2.26. The zero-order valence-corrected chi connectivity index (χ0v) is 17.9. The van der Waals surface area contributed by atoms with Crippen molar-refractivity contribution in [2.24, 2.45) is 0 Å². The van der Waals surface area contributed by atoms with Gasteiger partial charge in [-0.3, -0.25) is 0 Å². The van der Waals surface area contributed by atoms with E-state index in [1.54, 1.807) is 0 Å². The van der Waals surface area contributed by atoms with E-state index in [2.05, 4.69) is 19.7 Å². The molecule has 0 amide bonds. The third-order valence-corrected chi connectivity index (χ3v) is 4.33. The summed E-state index contributed by atoms with van der Waals surface area (Å²) in [6.07, 6.45) is -12.9. The summed E-state index contributed by atoms with van der Waals surface area (Å²) in [5, 5.41) is 9.10. The van der Waals surface area contributed by atoms with Gasteiger partial charge in [0.15, 0.2) is 6.10 Å². The average molecular weight is 527 g/mol. The minimum atomic E-state index is -5.02. The molecule has 3 aromatic rings. The summed E-state index contributed by atoms with van der Waals surface area (Å²) in [4.78, 5) is 12.1. The number of alkyl halides is 6. The van der Waals surface area contributed by atoms with Crippen LogP contribution in [0.2, 0.25) is 5.28 Å². The fraction of sp³-hybridized carbons (Fsp3) is 0.250. The number of aliphatic hydroxyl groups excluding tert-OH is 1. The molecule has 35 heavy (non-hydrogen) atoms. The van der Waals surface area contributed by atoms with Gasteiger partial charge in [-0.2, -0.15) is 28.1 Å². The zero-order chi connectivity index (χ0) is 25.8. The third-order valence-electron chi connectivity index (χ3n) is 4.16. The van der Waals surface area contributed by atoms with Crippen molar-refractivity contribution in [1.29, 1.82) is 0 Å². The van der Waals surface area contributed by atoms with Gasteiger partial charge in [0.05, 0.1) is 6.54 Å². The normalized spacial score (nSPS) is 12.8. The number of aromatic nitrogens is 3. The van der Waals surface area contributed by atoms with Crippen molar-refractivity contribution < 1.29 is 45.3 Å². The molecule has 0 bridgehead atoms. The van der Waals surface area contributed by atoms with Gasteiger partial charge in [0.1, 0.15) is 17.3 Å². The van der Waals surface area contributed by atoms with E-state index in [0.29, 0.717) is 0 Å². The molecule has 15 heteroatoms. The van der Waals surface area contributed by atoms with E-state index in [0.717, 1.165) is 29.2 Å². The molecule has 0 saturated heterocycles. The summed E-state index contributed by atoms with van der Waals surface area (Å²) in [6.45, 7) is -1.59. The number of nitrogens with zero attached hydrogens (tertiary/aromatic N) is 4. The van der Waals surface area contributed by atoms with Crippen LogP contribution in [0.25, 0.3) is 0 Å². The van der Waals surface area contributed by atoms with E-state index < -0.39 is 60.5 Å². The quantitative estimate of drug-likeness (QED) is 0.400. The van der Waals surface area contributed by atoms with Crippen molar-refractivity contribution >= 4 is 17.5 Å². The van der Waals surface area contributed by atoms with Gasteiger partial charge < -0.3 is 19.5 Å². The maximum atomic E-state index is 13.1. The standard InChI is InChI=1S/C20H14ClF7N4O3/c21-16-29-17(31-18(30-16)34-13-6-4-12(22)5-7-13)32(10-15(33)19(23,24)25)9-11-2-1-3-14(8-11)35-20(26,27)28/h1-8,15,33H,9-10H2. The highest BCUT2D eigenvalue weighted by Gasteiger charge is 2.40. The van der Waals surface area contributed by atoms with Gasteiger partial charge in [-0.15, -0.1) is 13.2 Å². The lowest BCUT2D eigenvalue weighted by atomic mass is 10.2. The predicted octanol–water partition coefficient (Wildman–Crippen LogP) is 5.28. The van der Waals surface area contributed by atoms with E-state index in [-0.39, 0.29) is 11.3 Å². The Labute approximate surface area is 197 Å². The summed E-state index contributed by atoms with van der Waals surface area (Å²) < 4.78 is 98.9. The molecule has 1 aromatic heterocycles. The van der Waals surface area contributed by atoms with Gasteiger partial charge in [0, 0.05) is 6.54 Å². The summed E-state index contributed by atoms with van der Waals surface area (Å²) in [5.41, 5.74) is 0.0682. The lowest BCUT2D eigenvalue weighted by Crippen LogP contribution is -2.41. The molecule has 0 radical (unpaired) electrons. The minimum Gasteiger partial charge on any atom is -0.424 e. The smallest absolute Gasteiger partial charge is 0.424 e. The second-order valence-corrected chi connectivity index (χ2v) is 7.21. The number of benzene rings is 2. The Balaban J connectivity index is 1.93. The largest absolute Gasteiger partial charge is 0.573 e. The molecule has 2 aromatic carbocycles. The third kappa shape index (κ3) is 8.10. The molecule has 0 saturated carbocycles. The minimum absolute atomic E-state index is 0.0680. The first-order chi connectivity index (χ1) is 16.3. The molecule has 3 rings (SSSR count). The number of aliphatic hydroxyl groups is 1. The predicted molar refractivity (Wildman–Crippen MR) is 108 cm³/mol. The summed E-state index contributed by atoms with van der Waals surface area (Å²) >= 11 is 5.85. The highest BCUT2D eigenvalue weighted by molar-refractivity contribution is 6.28. The van der Waals surface area contributed by atoms with Gasteiger partial charge in [-0.05, 0) is 53.6 Å². The first-order valence-electron chi connectivity index (χ1n) is 9.48. The summed E-state index contributed by atoms with van der Waals surface area (Å²) in [7, 11) is 0.